The Morgan fingerprint density at radius 1 is 1.61 bits per heavy atom. The number of halogens is 1. The number of ether oxygens (including phenoxy) is 1. The number of hydrogen-bond acceptors (Lipinski definition) is 4. The molecule has 0 spiro atoms. The Balaban J connectivity index is 1.81. The highest BCUT2D eigenvalue weighted by atomic mass is 127. The molecule has 0 aromatic heterocycles. The Morgan fingerprint density at radius 3 is 3.17 bits per heavy atom. The Morgan fingerprint density at radius 2 is 2.39 bits per heavy atom. The van der Waals surface area contributed by atoms with Gasteiger partial charge in [0.05, 0.1) is 7.11 Å². The van der Waals surface area contributed by atoms with Crippen molar-refractivity contribution in [1.82, 2.24) is 5.32 Å². The van der Waals surface area contributed by atoms with E-state index in [0.717, 1.165) is 12.3 Å². The molecule has 1 aliphatic heterocycles. The fraction of sp³-hybridized carbons (Fsp3) is 0.462. The van der Waals surface area contributed by atoms with E-state index in [1.54, 1.807) is 0 Å². The predicted molar refractivity (Wildman–Crippen MR) is 82.6 cm³/mol. The Labute approximate surface area is 125 Å². The summed E-state index contributed by atoms with van der Waals surface area (Å²) in [6.45, 7) is 1.58. The summed E-state index contributed by atoms with van der Waals surface area (Å²) in [5.74, 6) is 1.51. The van der Waals surface area contributed by atoms with E-state index in [0.29, 0.717) is 12.5 Å². The van der Waals surface area contributed by atoms with Crippen molar-refractivity contribution in [3.8, 4) is 0 Å². The molecule has 0 bridgehead atoms. The molecule has 5 heteroatoms. The SMILES string of the molecule is COC(=O)C(I)CNCC1CSc2ccccc21. The van der Waals surface area contributed by atoms with Crippen molar-refractivity contribution < 1.29 is 9.53 Å². The second kappa shape index (κ2) is 6.77. The molecular weight excluding hydrogens is 361 g/mol. The van der Waals surface area contributed by atoms with Gasteiger partial charge >= 0.3 is 5.97 Å². The van der Waals surface area contributed by atoms with Gasteiger partial charge in [-0.1, -0.05) is 40.8 Å². The summed E-state index contributed by atoms with van der Waals surface area (Å²) in [7, 11) is 1.43. The van der Waals surface area contributed by atoms with Gasteiger partial charge in [0.25, 0.3) is 0 Å². The summed E-state index contributed by atoms with van der Waals surface area (Å²) >= 11 is 4.02. The van der Waals surface area contributed by atoms with Crippen LogP contribution in [0.5, 0.6) is 0 Å². The maximum absolute atomic E-state index is 11.3. The largest absolute Gasteiger partial charge is 0.468 e. The minimum absolute atomic E-state index is 0.114. The molecule has 3 nitrogen and oxygen atoms in total. The van der Waals surface area contributed by atoms with Gasteiger partial charge in [0, 0.05) is 29.7 Å². The summed E-state index contributed by atoms with van der Waals surface area (Å²) in [5.41, 5.74) is 1.43. The van der Waals surface area contributed by atoms with Crippen LogP contribution >= 0.6 is 34.4 Å². The topological polar surface area (TPSA) is 38.3 Å². The van der Waals surface area contributed by atoms with Crippen molar-refractivity contribution >= 4 is 40.3 Å². The van der Waals surface area contributed by atoms with Gasteiger partial charge in [-0.2, -0.15) is 0 Å². The monoisotopic (exact) mass is 377 g/mol. The van der Waals surface area contributed by atoms with Crippen molar-refractivity contribution in [2.75, 3.05) is 26.0 Å². The Bertz CT molecular complexity index is 427. The van der Waals surface area contributed by atoms with Crippen molar-refractivity contribution in [2.45, 2.75) is 14.7 Å². The predicted octanol–water partition coefficient (Wildman–Crippen LogP) is 2.44. The first-order chi connectivity index (χ1) is 8.72. The number of thioether (sulfide) groups is 1. The third-order valence-electron chi connectivity index (χ3n) is 2.97. The van der Waals surface area contributed by atoms with Crippen LogP contribution in [0.1, 0.15) is 11.5 Å². The van der Waals surface area contributed by atoms with Crippen LogP contribution in [0.25, 0.3) is 0 Å². The molecule has 0 saturated carbocycles. The maximum Gasteiger partial charge on any atom is 0.319 e. The van der Waals surface area contributed by atoms with Gasteiger partial charge in [0.2, 0.25) is 0 Å². The summed E-state index contributed by atoms with van der Waals surface area (Å²) < 4.78 is 4.59. The highest BCUT2D eigenvalue weighted by Gasteiger charge is 2.23. The number of fused-ring (bicyclic) bond motifs is 1. The van der Waals surface area contributed by atoms with Gasteiger partial charge in [-0.25, -0.2) is 0 Å². The maximum atomic E-state index is 11.3. The van der Waals surface area contributed by atoms with E-state index in [1.165, 1.54) is 17.6 Å². The molecule has 2 atom stereocenters. The molecule has 0 aliphatic carbocycles. The number of benzene rings is 1. The van der Waals surface area contributed by atoms with Crippen molar-refractivity contribution in [1.29, 1.82) is 0 Å². The van der Waals surface area contributed by atoms with Crippen LogP contribution in [0.4, 0.5) is 0 Å². The molecule has 0 saturated heterocycles. The lowest BCUT2D eigenvalue weighted by molar-refractivity contribution is -0.139. The molecule has 0 fully saturated rings. The lowest BCUT2D eigenvalue weighted by Crippen LogP contribution is -2.32. The number of alkyl halides is 1. The van der Waals surface area contributed by atoms with Crippen LogP contribution in [-0.2, 0) is 9.53 Å². The second-order valence-corrected chi connectivity index (χ2v) is 6.76. The van der Waals surface area contributed by atoms with Crippen LogP contribution in [-0.4, -0.2) is 35.8 Å². The van der Waals surface area contributed by atoms with Crippen molar-refractivity contribution in [3.63, 3.8) is 0 Å². The van der Waals surface area contributed by atoms with Crippen LogP contribution < -0.4 is 5.32 Å². The van der Waals surface area contributed by atoms with Gasteiger partial charge in [0.15, 0.2) is 0 Å². The molecular formula is C13H16INO2S. The third-order valence-corrected chi connectivity index (χ3v) is 5.17. The molecule has 1 aliphatic rings. The molecule has 2 unspecified atom stereocenters. The number of carbonyl (C=O) groups excluding carboxylic acids is 1. The normalized spacial score (nSPS) is 19.3. The molecule has 18 heavy (non-hydrogen) atoms. The number of esters is 1. The van der Waals surface area contributed by atoms with Crippen LogP contribution in [0.15, 0.2) is 29.2 Å². The zero-order valence-corrected chi connectivity index (χ0v) is 13.2. The number of nitrogens with one attached hydrogen (secondary N) is 1. The third kappa shape index (κ3) is 3.39. The zero-order chi connectivity index (χ0) is 13.0. The standard InChI is InChI=1S/C13H16INO2S/c1-17-13(16)11(14)7-15-6-9-8-18-12-5-3-2-4-10(9)12/h2-5,9,11,15H,6-8H2,1H3. The highest BCUT2D eigenvalue weighted by molar-refractivity contribution is 14.1. The van der Waals surface area contributed by atoms with Crippen molar-refractivity contribution in [2.24, 2.45) is 0 Å². The quantitative estimate of drug-likeness (QED) is 0.486. The van der Waals surface area contributed by atoms with E-state index in [4.69, 9.17) is 4.74 Å². The average Bonchev–Trinajstić information content (AvgIpc) is 2.81. The molecule has 1 N–H and O–H groups in total. The number of rotatable bonds is 5. The first-order valence-corrected chi connectivity index (χ1v) is 8.10. The second-order valence-electron chi connectivity index (χ2n) is 4.19. The van der Waals surface area contributed by atoms with E-state index in [2.05, 4.69) is 52.2 Å². The van der Waals surface area contributed by atoms with E-state index in [9.17, 15) is 4.79 Å². The first kappa shape index (κ1) is 14.1. The number of carbonyl (C=O) groups is 1. The first-order valence-electron chi connectivity index (χ1n) is 5.86. The van der Waals surface area contributed by atoms with Crippen LogP contribution in [0.2, 0.25) is 0 Å². The zero-order valence-electron chi connectivity index (χ0n) is 10.2. The highest BCUT2D eigenvalue weighted by Crippen LogP contribution is 2.38. The van der Waals surface area contributed by atoms with Crippen LogP contribution in [0, 0.1) is 0 Å². The molecule has 1 heterocycles. The smallest absolute Gasteiger partial charge is 0.319 e. The molecule has 1 aromatic rings. The van der Waals surface area contributed by atoms with E-state index in [-0.39, 0.29) is 9.89 Å². The van der Waals surface area contributed by atoms with Gasteiger partial charge < -0.3 is 10.1 Å². The summed E-state index contributed by atoms with van der Waals surface area (Å²) in [6.07, 6.45) is 0. The van der Waals surface area contributed by atoms with E-state index < -0.39 is 0 Å². The number of hydrogen-bond donors (Lipinski definition) is 1. The average molecular weight is 377 g/mol. The Kier molecular flexibility index (Phi) is 5.32. The van der Waals surface area contributed by atoms with Gasteiger partial charge in [-0.3, -0.25) is 4.79 Å². The minimum atomic E-state index is -0.163. The molecule has 0 amide bonds. The summed E-state index contributed by atoms with van der Waals surface area (Å²) in [4.78, 5) is 12.7. The summed E-state index contributed by atoms with van der Waals surface area (Å²) in [6, 6.07) is 8.55. The van der Waals surface area contributed by atoms with Gasteiger partial charge in [-0.15, -0.1) is 11.8 Å². The van der Waals surface area contributed by atoms with Crippen molar-refractivity contribution in [3.05, 3.63) is 29.8 Å². The Hall–Kier alpha value is -0.270. The fourth-order valence-electron chi connectivity index (χ4n) is 1.99. The van der Waals surface area contributed by atoms with Gasteiger partial charge in [0.1, 0.15) is 3.92 Å². The molecule has 2 rings (SSSR count). The number of methoxy groups -OCH3 is 1. The lowest BCUT2D eigenvalue weighted by atomic mass is 10.0. The lowest BCUT2D eigenvalue weighted by Gasteiger charge is -2.13. The summed E-state index contributed by atoms with van der Waals surface area (Å²) in [5, 5.41) is 3.36. The molecule has 98 valence electrons. The molecule has 0 radical (unpaired) electrons. The van der Waals surface area contributed by atoms with Crippen LogP contribution in [0.3, 0.4) is 0 Å². The minimum Gasteiger partial charge on any atom is -0.468 e. The van der Waals surface area contributed by atoms with Gasteiger partial charge in [-0.05, 0) is 11.6 Å². The molecule has 1 aromatic carbocycles. The van der Waals surface area contributed by atoms with E-state index in [1.807, 2.05) is 11.8 Å². The van der Waals surface area contributed by atoms with E-state index >= 15 is 0 Å². The fourth-order valence-corrected chi connectivity index (χ4v) is 3.81.